The van der Waals surface area contributed by atoms with E-state index in [9.17, 15) is 0 Å². The summed E-state index contributed by atoms with van der Waals surface area (Å²) in [4.78, 5) is 11.8. The SMILES string of the molecule is CCNC(=NCC1CCN(Cc2nc(C)c(C)o2)CC1)NCCOC1CCCCCC1. The van der Waals surface area contributed by atoms with Gasteiger partial charge in [0.1, 0.15) is 5.76 Å². The maximum absolute atomic E-state index is 6.09. The molecular weight excluding hydrogens is 390 g/mol. The van der Waals surface area contributed by atoms with E-state index in [0.717, 1.165) is 69.2 Å². The van der Waals surface area contributed by atoms with Crippen LogP contribution in [0.4, 0.5) is 0 Å². The normalized spacial score (nSPS) is 20.0. The highest BCUT2D eigenvalue weighted by molar-refractivity contribution is 5.79. The van der Waals surface area contributed by atoms with E-state index in [1.165, 1.54) is 51.4 Å². The predicted octanol–water partition coefficient (Wildman–Crippen LogP) is 3.80. The minimum absolute atomic E-state index is 0.457. The number of aliphatic imine (C=N–C) groups is 1. The Morgan fingerprint density at radius 2 is 1.84 bits per heavy atom. The molecular formula is C24H43N5O2. The van der Waals surface area contributed by atoms with Crippen molar-refractivity contribution in [1.82, 2.24) is 20.5 Å². The van der Waals surface area contributed by atoms with Crippen molar-refractivity contribution < 1.29 is 9.15 Å². The number of rotatable bonds is 9. The molecule has 2 aliphatic rings. The number of aryl methyl sites for hydroxylation is 2. The zero-order valence-electron chi connectivity index (χ0n) is 19.9. The molecule has 1 aromatic rings. The maximum atomic E-state index is 6.09. The first kappa shape index (κ1) is 24.1. The number of oxazole rings is 1. The molecule has 1 aromatic heterocycles. The van der Waals surface area contributed by atoms with Gasteiger partial charge in [-0.15, -0.1) is 0 Å². The lowest BCUT2D eigenvalue weighted by atomic mass is 9.97. The molecule has 2 N–H and O–H groups in total. The summed E-state index contributed by atoms with van der Waals surface area (Å²) in [5, 5.41) is 6.82. The first-order chi connectivity index (χ1) is 15.1. The van der Waals surface area contributed by atoms with Gasteiger partial charge in [0.15, 0.2) is 5.96 Å². The lowest BCUT2D eigenvalue weighted by Crippen LogP contribution is -2.40. The van der Waals surface area contributed by atoms with Gasteiger partial charge in [0, 0.05) is 19.6 Å². The minimum atomic E-state index is 0.457. The van der Waals surface area contributed by atoms with Crippen LogP contribution in [-0.2, 0) is 11.3 Å². The van der Waals surface area contributed by atoms with Gasteiger partial charge in [-0.2, -0.15) is 0 Å². The fraction of sp³-hybridized carbons (Fsp3) is 0.833. The molecule has 0 bridgehead atoms. The van der Waals surface area contributed by atoms with Gasteiger partial charge in [-0.3, -0.25) is 9.89 Å². The molecule has 2 heterocycles. The van der Waals surface area contributed by atoms with Gasteiger partial charge >= 0.3 is 0 Å². The number of piperidine rings is 1. The maximum Gasteiger partial charge on any atom is 0.208 e. The van der Waals surface area contributed by atoms with E-state index >= 15 is 0 Å². The summed E-state index contributed by atoms with van der Waals surface area (Å²) < 4.78 is 11.8. The topological polar surface area (TPSA) is 74.9 Å². The van der Waals surface area contributed by atoms with E-state index in [4.69, 9.17) is 14.1 Å². The average Bonchev–Trinajstić information content (AvgIpc) is 2.95. The van der Waals surface area contributed by atoms with E-state index in [1.54, 1.807) is 0 Å². The molecule has 1 saturated carbocycles. The Morgan fingerprint density at radius 3 is 2.48 bits per heavy atom. The molecule has 3 rings (SSSR count). The summed E-state index contributed by atoms with van der Waals surface area (Å²) in [6.07, 6.45) is 10.6. The molecule has 176 valence electrons. The summed E-state index contributed by atoms with van der Waals surface area (Å²) in [5.41, 5.74) is 1.00. The highest BCUT2D eigenvalue weighted by atomic mass is 16.5. The van der Waals surface area contributed by atoms with Crippen LogP contribution in [0.15, 0.2) is 9.41 Å². The van der Waals surface area contributed by atoms with Gasteiger partial charge in [-0.25, -0.2) is 4.98 Å². The second-order valence-electron chi connectivity index (χ2n) is 9.10. The lowest BCUT2D eigenvalue weighted by Gasteiger charge is -2.30. The summed E-state index contributed by atoms with van der Waals surface area (Å²) in [6, 6.07) is 0. The van der Waals surface area contributed by atoms with Crippen LogP contribution in [0.3, 0.4) is 0 Å². The van der Waals surface area contributed by atoms with Crippen LogP contribution in [0, 0.1) is 19.8 Å². The van der Waals surface area contributed by atoms with Crippen molar-refractivity contribution in [1.29, 1.82) is 0 Å². The number of hydrogen-bond donors (Lipinski definition) is 2. The van der Waals surface area contributed by atoms with Crippen LogP contribution in [0.2, 0.25) is 0 Å². The zero-order valence-corrected chi connectivity index (χ0v) is 19.9. The van der Waals surface area contributed by atoms with Gasteiger partial charge in [0.05, 0.1) is 24.9 Å². The van der Waals surface area contributed by atoms with Crippen molar-refractivity contribution in [2.75, 3.05) is 39.3 Å². The number of nitrogens with one attached hydrogen (secondary N) is 2. The zero-order chi connectivity index (χ0) is 21.9. The van der Waals surface area contributed by atoms with Crippen LogP contribution in [0.25, 0.3) is 0 Å². The Hall–Kier alpha value is -1.60. The van der Waals surface area contributed by atoms with Crippen molar-refractivity contribution in [3.8, 4) is 0 Å². The Morgan fingerprint density at radius 1 is 1.10 bits per heavy atom. The molecule has 1 saturated heterocycles. The molecule has 7 heteroatoms. The third kappa shape index (κ3) is 8.45. The van der Waals surface area contributed by atoms with E-state index < -0.39 is 0 Å². The van der Waals surface area contributed by atoms with Gasteiger partial charge < -0.3 is 19.8 Å². The van der Waals surface area contributed by atoms with E-state index in [-0.39, 0.29) is 0 Å². The van der Waals surface area contributed by atoms with Crippen molar-refractivity contribution in [3.63, 3.8) is 0 Å². The number of ether oxygens (including phenoxy) is 1. The predicted molar refractivity (Wildman–Crippen MR) is 125 cm³/mol. The summed E-state index contributed by atoms with van der Waals surface area (Å²) in [5.74, 6) is 3.33. The molecule has 1 aliphatic heterocycles. The smallest absolute Gasteiger partial charge is 0.208 e. The Labute approximate surface area is 188 Å². The first-order valence-electron chi connectivity index (χ1n) is 12.4. The summed E-state index contributed by atoms with van der Waals surface area (Å²) >= 11 is 0. The van der Waals surface area contributed by atoms with Crippen LogP contribution < -0.4 is 10.6 Å². The molecule has 0 atom stereocenters. The fourth-order valence-corrected chi connectivity index (χ4v) is 4.49. The van der Waals surface area contributed by atoms with Gasteiger partial charge in [0.2, 0.25) is 5.89 Å². The van der Waals surface area contributed by atoms with Crippen LogP contribution in [0.1, 0.15) is 75.6 Å². The molecule has 2 fully saturated rings. The monoisotopic (exact) mass is 433 g/mol. The van der Waals surface area contributed by atoms with E-state index in [0.29, 0.717) is 12.0 Å². The molecule has 0 amide bonds. The lowest BCUT2D eigenvalue weighted by molar-refractivity contribution is 0.0468. The Balaban J connectivity index is 1.34. The first-order valence-corrected chi connectivity index (χ1v) is 12.4. The van der Waals surface area contributed by atoms with Crippen molar-refractivity contribution in [2.24, 2.45) is 10.9 Å². The highest BCUT2D eigenvalue weighted by Crippen LogP contribution is 2.21. The summed E-state index contributed by atoms with van der Waals surface area (Å²) in [6.45, 7) is 12.4. The van der Waals surface area contributed by atoms with Crippen molar-refractivity contribution in [3.05, 3.63) is 17.3 Å². The van der Waals surface area contributed by atoms with Crippen LogP contribution >= 0.6 is 0 Å². The molecule has 0 radical (unpaired) electrons. The molecule has 31 heavy (non-hydrogen) atoms. The molecule has 0 aromatic carbocycles. The number of likely N-dealkylation sites (tertiary alicyclic amines) is 1. The summed E-state index contributed by atoms with van der Waals surface area (Å²) in [7, 11) is 0. The molecule has 1 aliphatic carbocycles. The quantitative estimate of drug-likeness (QED) is 0.267. The van der Waals surface area contributed by atoms with Gasteiger partial charge in [0.25, 0.3) is 0 Å². The largest absolute Gasteiger partial charge is 0.444 e. The fourth-order valence-electron chi connectivity index (χ4n) is 4.49. The molecule has 0 unspecified atom stereocenters. The van der Waals surface area contributed by atoms with Crippen LogP contribution in [0.5, 0.6) is 0 Å². The van der Waals surface area contributed by atoms with E-state index in [1.807, 2.05) is 13.8 Å². The number of hydrogen-bond acceptors (Lipinski definition) is 5. The van der Waals surface area contributed by atoms with Crippen molar-refractivity contribution >= 4 is 5.96 Å². The third-order valence-electron chi connectivity index (χ3n) is 6.54. The van der Waals surface area contributed by atoms with Crippen molar-refractivity contribution in [2.45, 2.75) is 84.8 Å². The van der Waals surface area contributed by atoms with Crippen LogP contribution in [-0.4, -0.2) is 61.3 Å². The van der Waals surface area contributed by atoms with E-state index in [2.05, 4.69) is 27.4 Å². The second kappa shape index (κ2) is 13.1. The average molecular weight is 434 g/mol. The van der Waals surface area contributed by atoms with Gasteiger partial charge in [-0.05, 0) is 65.5 Å². The number of nitrogens with zero attached hydrogens (tertiary/aromatic N) is 3. The standard InChI is InChI=1S/C24H43N5O2/c1-4-25-24(26-13-16-30-22-9-7-5-6-8-10-22)27-17-21-11-14-29(15-12-21)18-23-28-19(2)20(3)31-23/h21-22H,4-18H2,1-3H3,(H2,25,26,27). The highest BCUT2D eigenvalue weighted by Gasteiger charge is 2.21. The number of aromatic nitrogens is 1. The Bertz CT molecular complexity index is 639. The number of guanidine groups is 1. The molecule has 7 nitrogen and oxygen atoms in total. The molecule has 0 spiro atoms. The van der Waals surface area contributed by atoms with Gasteiger partial charge in [-0.1, -0.05) is 25.7 Å². The second-order valence-corrected chi connectivity index (χ2v) is 9.10. The minimum Gasteiger partial charge on any atom is -0.444 e. The third-order valence-corrected chi connectivity index (χ3v) is 6.54. The Kier molecular flexibility index (Phi) is 10.1.